The summed E-state index contributed by atoms with van der Waals surface area (Å²) in [5.41, 5.74) is 0.910. The molecule has 10 nitrogen and oxygen atoms in total. The molecule has 0 saturated heterocycles. The number of nitrogens with zero attached hydrogens (tertiary/aromatic N) is 4. The Morgan fingerprint density at radius 3 is 2.65 bits per heavy atom. The first-order valence-electron chi connectivity index (χ1n) is 11.6. The lowest BCUT2D eigenvalue weighted by Crippen LogP contribution is -2.15. The van der Waals surface area contributed by atoms with Gasteiger partial charge in [-0.25, -0.2) is 4.98 Å². The first kappa shape index (κ1) is 24.4. The van der Waals surface area contributed by atoms with Crippen LogP contribution in [0, 0.1) is 0 Å². The van der Waals surface area contributed by atoms with Gasteiger partial charge < -0.3 is 24.3 Å². The predicted molar refractivity (Wildman–Crippen MR) is 141 cm³/mol. The molecule has 1 aliphatic rings. The summed E-state index contributed by atoms with van der Waals surface area (Å²) in [7, 11) is 3.15. The molecule has 0 saturated carbocycles. The van der Waals surface area contributed by atoms with E-state index in [-0.39, 0.29) is 11.1 Å². The van der Waals surface area contributed by atoms with Gasteiger partial charge in [-0.2, -0.15) is 5.10 Å². The van der Waals surface area contributed by atoms with Crippen LogP contribution < -0.4 is 24.3 Å². The maximum atomic E-state index is 13.0. The van der Waals surface area contributed by atoms with Crippen molar-refractivity contribution < 1.29 is 23.7 Å². The van der Waals surface area contributed by atoms with E-state index < -0.39 is 5.91 Å². The van der Waals surface area contributed by atoms with E-state index in [9.17, 15) is 4.79 Å². The van der Waals surface area contributed by atoms with Gasteiger partial charge in [-0.3, -0.25) is 14.5 Å². The minimum absolute atomic E-state index is 0.112. The van der Waals surface area contributed by atoms with E-state index in [2.05, 4.69) is 26.5 Å². The second kappa shape index (κ2) is 10.8. The number of fused-ring (bicyclic) bond motifs is 1. The fourth-order valence-corrected chi connectivity index (χ4v) is 4.70. The number of methoxy groups -OCH3 is 2. The summed E-state index contributed by atoms with van der Waals surface area (Å²) in [5.74, 6) is 2.61. The maximum Gasteiger partial charge on any atom is 0.281 e. The molecule has 1 unspecified atom stereocenters. The molecule has 1 atom stereocenters. The second-order valence-electron chi connectivity index (χ2n) is 7.92. The highest BCUT2D eigenvalue weighted by molar-refractivity contribution is 8.02. The van der Waals surface area contributed by atoms with Crippen LogP contribution in [0.4, 0.5) is 5.82 Å². The standard InChI is InChI=1S/C26H25N5O5S/c1-4-35-22-15-31(24-6-5-11-37-24)30-25(22)26(32)29-23-8-7-16(14-28-23)36-19-9-10-27-18-13-21(34-3)20(33-2)12-17(18)19/h5,7-15,24H,4,6H2,1-3H3,(H,28,29,32). The average Bonchev–Trinajstić information content (AvgIpc) is 3.60. The number of nitrogens with one attached hydrogen (secondary N) is 1. The number of anilines is 1. The van der Waals surface area contributed by atoms with Gasteiger partial charge in [-0.15, -0.1) is 11.8 Å². The van der Waals surface area contributed by atoms with Crippen molar-refractivity contribution >= 4 is 34.4 Å². The van der Waals surface area contributed by atoms with Crippen LogP contribution in [0.1, 0.15) is 29.2 Å². The van der Waals surface area contributed by atoms with Crippen molar-refractivity contribution in [1.29, 1.82) is 0 Å². The van der Waals surface area contributed by atoms with Crippen LogP contribution in [0.5, 0.6) is 28.7 Å². The minimum Gasteiger partial charge on any atom is -0.493 e. The highest BCUT2D eigenvalue weighted by Crippen LogP contribution is 2.37. The molecule has 11 heteroatoms. The fraction of sp³-hybridized carbons (Fsp3) is 0.231. The van der Waals surface area contributed by atoms with E-state index in [0.29, 0.717) is 46.7 Å². The molecule has 190 valence electrons. The van der Waals surface area contributed by atoms with Crippen molar-refractivity contribution in [1.82, 2.24) is 19.7 Å². The van der Waals surface area contributed by atoms with E-state index >= 15 is 0 Å². The Morgan fingerprint density at radius 2 is 1.95 bits per heavy atom. The molecular weight excluding hydrogens is 494 g/mol. The predicted octanol–water partition coefficient (Wildman–Crippen LogP) is 5.44. The first-order valence-corrected chi connectivity index (χ1v) is 12.5. The zero-order valence-electron chi connectivity index (χ0n) is 20.5. The number of carbonyl (C=O) groups excluding carboxylic acids is 1. The Hall–Kier alpha value is -4.25. The summed E-state index contributed by atoms with van der Waals surface area (Å²) in [6, 6.07) is 8.74. The number of thioether (sulfide) groups is 1. The number of amides is 1. The van der Waals surface area contributed by atoms with Crippen molar-refractivity contribution in [2.45, 2.75) is 18.7 Å². The van der Waals surface area contributed by atoms with Gasteiger partial charge in [0.05, 0.1) is 38.7 Å². The molecule has 0 spiro atoms. The van der Waals surface area contributed by atoms with Gasteiger partial charge >= 0.3 is 0 Å². The smallest absolute Gasteiger partial charge is 0.281 e. The molecule has 4 aromatic rings. The number of hydrogen-bond acceptors (Lipinski definition) is 9. The first-order chi connectivity index (χ1) is 18.1. The van der Waals surface area contributed by atoms with Crippen molar-refractivity contribution in [2.75, 3.05) is 26.1 Å². The van der Waals surface area contributed by atoms with Crippen LogP contribution in [0.15, 0.2) is 60.4 Å². The number of benzene rings is 1. The van der Waals surface area contributed by atoms with Crippen molar-refractivity contribution in [3.8, 4) is 28.7 Å². The Labute approximate surface area is 217 Å². The number of allylic oxidation sites excluding steroid dienone is 1. The van der Waals surface area contributed by atoms with E-state index in [1.54, 1.807) is 67.3 Å². The molecule has 0 bridgehead atoms. The summed E-state index contributed by atoms with van der Waals surface area (Å²) in [5, 5.41) is 10.2. The summed E-state index contributed by atoms with van der Waals surface area (Å²) < 4.78 is 24.3. The third-order valence-electron chi connectivity index (χ3n) is 5.59. The number of hydrogen-bond donors (Lipinski definition) is 1. The zero-order chi connectivity index (χ0) is 25.8. The van der Waals surface area contributed by atoms with Gasteiger partial charge in [-0.1, -0.05) is 6.08 Å². The summed E-state index contributed by atoms with van der Waals surface area (Å²) in [6.07, 6.45) is 7.87. The third-order valence-corrected chi connectivity index (χ3v) is 6.66. The molecule has 3 aromatic heterocycles. The summed E-state index contributed by atoms with van der Waals surface area (Å²) in [4.78, 5) is 21.7. The third kappa shape index (κ3) is 5.17. The minimum atomic E-state index is -0.402. The molecule has 4 heterocycles. The topological polar surface area (TPSA) is 110 Å². The molecule has 0 aliphatic carbocycles. The molecule has 1 amide bonds. The molecule has 1 aromatic carbocycles. The Balaban J connectivity index is 1.32. The summed E-state index contributed by atoms with van der Waals surface area (Å²) in [6.45, 7) is 2.29. The van der Waals surface area contributed by atoms with Gasteiger partial charge in [0.25, 0.3) is 5.91 Å². The lowest BCUT2D eigenvalue weighted by atomic mass is 10.2. The van der Waals surface area contributed by atoms with Crippen molar-refractivity contribution in [2.24, 2.45) is 0 Å². The maximum absolute atomic E-state index is 13.0. The van der Waals surface area contributed by atoms with Crippen molar-refractivity contribution in [3.05, 3.63) is 66.1 Å². The van der Waals surface area contributed by atoms with Crippen LogP contribution in [0.3, 0.4) is 0 Å². The van der Waals surface area contributed by atoms with E-state index in [4.69, 9.17) is 18.9 Å². The summed E-state index contributed by atoms with van der Waals surface area (Å²) >= 11 is 1.65. The van der Waals surface area contributed by atoms with Gasteiger partial charge in [0.2, 0.25) is 0 Å². The molecule has 1 N–H and O–H groups in total. The van der Waals surface area contributed by atoms with Gasteiger partial charge in [-0.05, 0) is 43.0 Å². The molecular formula is C26H25N5O5S. The number of ether oxygens (including phenoxy) is 4. The Bertz CT molecular complexity index is 1450. The highest BCUT2D eigenvalue weighted by Gasteiger charge is 2.23. The van der Waals surface area contributed by atoms with Gasteiger partial charge in [0, 0.05) is 17.6 Å². The second-order valence-corrected chi connectivity index (χ2v) is 9.01. The lowest BCUT2D eigenvalue weighted by molar-refractivity contribution is 0.101. The Kier molecular flexibility index (Phi) is 7.13. The molecule has 1 aliphatic heterocycles. The van der Waals surface area contributed by atoms with Gasteiger partial charge in [0.15, 0.2) is 22.9 Å². The molecule has 0 radical (unpaired) electrons. The number of aromatic nitrogens is 4. The fourth-order valence-electron chi connectivity index (χ4n) is 3.84. The van der Waals surface area contributed by atoms with Crippen LogP contribution in [0.25, 0.3) is 10.9 Å². The monoisotopic (exact) mass is 519 g/mol. The number of rotatable bonds is 9. The normalized spacial score (nSPS) is 14.5. The zero-order valence-corrected chi connectivity index (χ0v) is 21.3. The largest absolute Gasteiger partial charge is 0.493 e. The SMILES string of the molecule is CCOc1cn(C2CC=CS2)nc1C(=O)Nc1ccc(Oc2ccnc3cc(OC)c(OC)cc23)cn1. The van der Waals surface area contributed by atoms with Gasteiger partial charge in [0.1, 0.15) is 22.7 Å². The number of carbonyl (C=O) groups is 1. The van der Waals surface area contributed by atoms with Crippen LogP contribution in [-0.2, 0) is 0 Å². The quantitative estimate of drug-likeness (QED) is 0.309. The molecule has 0 fully saturated rings. The van der Waals surface area contributed by atoms with E-state index in [1.807, 2.05) is 18.4 Å². The molecule has 37 heavy (non-hydrogen) atoms. The van der Waals surface area contributed by atoms with Crippen molar-refractivity contribution in [3.63, 3.8) is 0 Å². The Morgan fingerprint density at radius 1 is 1.11 bits per heavy atom. The highest BCUT2D eigenvalue weighted by atomic mass is 32.2. The molecule has 5 rings (SSSR count). The average molecular weight is 520 g/mol. The van der Waals surface area contributed by atoms with E-state index in [0.717, 1.165) is 11.8 Å². The van der Waals surface area contributed by atoms with Crippen LogP contribution >= 0.6 is 11.8 Å². The number of pyridine rings is 2. The lowest BCUT2D eigenvalue weighted by Gasteiger charge is -2.12. The van der Waals surface area contributed by atoms with Crippen LogP contribution in [-0.4, -0.2) is 46.5 Å². The van der Waals surface area contributed by atoms with Crippen LogP contribution in [0.2, 0.25) is 0 Å². The van der Waals surface area contributed by atoms with E-state index in [1.165, 1.54) is 6.20 Å².